The lowest BCUT2D eigenvalue weighted by molar-refractivity contribution is 0.366. The van der Waals surface area contributed by atoms with E-state index in [-0.39, 0.29) is 24.7 Å². The smallest absolute Gasteiger partial charge is 0.278 e. The molecular weight excluding hydrogens is 454 g/mol. The largest absolute Gasteiger partial charge is 0.336 e. The Balaban J connectivity index is 1.88. The Morgan fingerprint density at radius 2 is 1.70 bits per heavy atom. The minimum absolute atomic E-state index is 0.135. The van der Waals surface area contributed by atoms with E-state index < -0.39 is 14.9 Å². The van der Waals surface area contributed by atoms with Crippen molar-refractivity contribution in [2.45, 2.75) is 67.0 Å². The van der Waals surface area contributed by atoms with Crippen LogP contribution in [0.4, 0.5) is 11.4 Å². The van der Waals surface area contributed by atoms with Crippen LogP contribution in [0.3, 0.4) is 0 Å². The summed E-state index contributed by atoms with van der Waals surface area (Å²) >= 11 is 1.73. The van der Waals surface area contributed by atoms with E-state index in [4.69, 9.17) is 0 Å². The van der Waals surface area contributed by atoms with Gasteiger partial charge in [0.15, 0.2) is 10.6 Å². The van der Waals surface area contributed by atoms with Gasteiger partial charge in [-0.15, -0.1) is 0 Å². The van der Waals surface area contributed by atoms with Crippen molar-refractivity contribution in [3.8, 4) is 0 Å². The van der Waals surface area contributed by atoms with Crippen LogP contribution in [0.5, 0.6) is 0 Å². The normalized spacial score (nSPS) is 15.9. The number of aryl methyl sites for hydroxylation is 1. The Morgan fingerprint density at radius 3 is 2.33 bits per heavy atom. The molecule has 2 unspecified atom stereocenters. The van der Waals surface area contributed by atoms with Crippen molar-refractivity contribution in [2.75, 3.05) is 4.90 Å². The minimum atomic E-state index is -4.50. The average molecular weight is 484 g/mol. The fraction of sp³-hybridized carbons (Fsp3) is 0.360. The second-order valence-corrected chi connectivity index (χ2v) is 11.1. The molecule has 4 rings (SSSR count). The molecule has 0 spiro atoms. The van der Waals surface area contributed by atoms with Gasteiger partial charge >= 0.3 is 0 Å². The van der Waals surface area contributed by atoms with E-state index in [1.165, 1.54) is 18.0 Å². The maximum Gasteiger partial charge on any atom is 0.278 e. The molecule has 33 heavy (non-hydrogen) atoms. The molecule has 1 aliphatic heterocycles. The monoisotopic (exact) mass is 483 g/mol. The zero-order chi connectivity index (χ0) is 23.6. The van der Waals surface area contributed by atoms with E-state index in [2.05, 4.69) is 59.0 Å². The number of hydrogen-bond acceptors (Lipinski definition) is 6. The van der Waals surface area contributed by atoms with E-state index in [9.17, 15) is 13.0 Å². The number of aromatic nitrogens is 2. The van der Waals surface area contributed by atoms with Crippen LogP contribution in [-0.2, 0) is 21.3 Å². The van der Waals surface area contributed by atoms with Crippen molar-refractivity contribution in [3.63, 3.8) is 0 Å². The van der Waals surface area contributed by atoms with Crippen LogP contribution in [-0.4, -0.2) is 29.0 Å². The average Bonchev–Trinajstić information content (AvgIpc) is 2.83. The van der Waals surface area contributed by atoms with Crippen molar-refractivity contribution in [1.82, 2.24) is 9.97 Å². The lowest BCUT2D eigenvalue weighted by Gasteiger charge is -2.42. The number of para-hydroxylation sites is 1. The fourth-order valence-electron chi connectivity index (χ4n) is 4.57. The summed E-state index contributed by atoms with van der Waals surface area (Å²) in [6, 6.07) is 16.1. The van der Waals surface area contributed by atoms with Crippen LogP contribution >= 0.6 is 11.8 Å². The first kappa shape index (κ1) is 23.7. The second-order valence-electron chi connectivity index (χ2n) is 8.26. The number of nitrogens with zero attached hydrogens (tertiary/aromatic N) is 3. The molecule has 0 amide bonds. The Labute approximate surface area is 200 Å². The van der Waals surface area contributed by atoms with Gasteiger partial charge in [0.05, 0.1) is 11.4 Å². The van der Waals surface area contributed by atoms with Crippen molar-refractivity contribution in [2.24, 2.45) is 0 Å². The molecule has 1 N–H and O–H groups in total. The van der Waals surface area contributed by atoms with Gasteiger partial charge in [-0.05, 0) is 61.6 Å². The molecule has 6 nitrogen and oxygen atoms in total. The summed E-state index contributed by atoms with van der Waals surface area (Å²) in [4.78, 5) is 13.0. The molecule has 0 bridgehead atoms. The summed E-state index contributed by atoms with van der Waals surface area (Å²) in [7, 11) is -4.50. The highest BCUT2D eigenvalue weighted by atomic mass is 32.2. The summed E-state index contributed by atoms with van der Waals surface area (Å²) in [5.74, 6) is 0.135. The molecule has 174 valence electrons. The van der Waals surface area contributed by atoms with E-state index in [1.54, 1.807) is 24.8 Å². The molecule has 2 heterocycles. The van der Waals surface area contributed by atoms with Crippen molar-refractivity contribution in [1.29, 1.82) is 0 Å². The highest BCUT2D eigenvalue weighted by Crippen LogP contribution is 2.51. The molecule has 0 fully saturated rings. The topological polar surface area (TPSA) is 83.4 Å². The lowest BCUT2D eigenvalue weighted by Crippen LogP contribution is -2.45. The van der Waals surface area contributed by atoms with E-state index in [1.807, 2.05) is 12.1 Å². The summed E-state index contributed by atoms with van der Waals surface area (Å²) in [6.07, 6.45) is 4.96. The van der Waals surface area contributed by atoms with E-state index >= 15 is 0 Å². The summed E-state index contributed by atoms with van der Waals surface area (Å²) in [6.45, 7) is 5.94. The van der Waals surface area contributed by atoms with Crippen LogP contribution < -0.4 is 4.90 Å². The van der Waals surface area contributed by atoms with Crippen molar-refractivity contribution >= 4 is 33.3 Å². The maximum atomic E-state index is 12.9. The number of fused-ring (bicyclic) bond motifs is 2. The third kappa shape index (κ3) is 4.27. The van der Waals surface area contributed by atoms with Crippen LogP contribution in [0.15, 0.2) is 70.7 Å². The third-order valence-electron chi connectivity index (χ3n) is 6.48. The molecule has 0 radical (unpaired) electrons. The maximum absolute atomic E-state index is 12.9. The minimum Gasteiger partial charge on any atom is -0.336 e. The van der Waals surface area contributed by atoms with Gasteiger partial charge < -0.3 is 4.90 Å². The summed E-state index contributed by atoms with van der Waals surface area (Å²) in [5, 5.41) is 0. The van der Waals surface area contributed by atoms with Gasteiger partial charge in [-0.1, -0.05) is 50.7 Å². The SMILES string of the molecule is CCc1ccc2c(c1)N(C(CC)CC(CC)(c1ncccn1)S(=O)(=O)O)c1ccccc1S2. The first-order valence-electron chi connectivity index (χ1n) is 11.3. The summed E-state index contributed by atoms with van der Waals surface area (Å²) in [5.41, 5.74) is 3.33. The van der Waals surface area contributed by atoms with Gasteiger partial charge in [0, 0.05) is 28.2 Å². The van der Waals surface area contributed by atoms with Gasteiger partial charge in [0.2, 0.25) is 0 Å². The first-order valence-corrected chi connectivity index (χ1v) is 13.5. The lowest BCUT2D eigenvalue weighted by atomic mass is 9.91. The molecule has 3 aromatic rings. The standard InChI is InChI=1S/C25H29N3O3S2/c1-4-18-12-13-23-21(16-18)28(20-10-7-8-11-22(20)32-23)19(5-2)17-25(6-3,33(29,30)31)24-26-14-9-15-27-24/h7-16,19H,4-6,17H2,1-3H3,(H,29,30,31). The molecule has 2 atom stereocenters. The Hall–Kier alpha value is -2.42. The predicted octanol–water partition coefficient (Wildman–Crippen LogP) is 6.00. The van der Waals surface area contributed by atoms with Crippen LogP contribution in [0.25, 0.3) is 0 Å². The Kier molecular flexibility index (Phi) is 6.79. The molecule has 8 heteroatoms. The number of hydrogen-bond donors (Lipinski definition) is 1. The summed E-state index contributed by atoms with van der Waals surface area (Å²) < 4.78 is 34.6. The third-order valence-corrected chi connectivity index (χ3v) is 9.23. The second kappa shape index (κ2) is 9.44. The van der Waals surface area contributed by atoms with Gasteiger partial charge in [0.1, 0.15) is 0 Å². The first-order chi connectivity index (χ1) is 15.8. The predicted molar refractivity (Wildman–Crippen MR) is 133 cm³/mol. The molecule has 0 saturated heterocycles. The molecule has 1 aromatic heterocycles. The van der Waals surface area contributed by atoms with Gasteiger partial charge in [-0.3, -0.25) is 4.55 Å². The quantitative estimate of drug-likeness (QED) is 0.393. The zero-order valence-electron chi connectivity index (χ0n) is 19.1. The van der Waals surface area contributed by atoms with E-state index in [0.29, 0.717) is 6.42 Å². The fourth-order valence-corrected chi connectivity index (χ4v) is 6.73. The van der Waals surface area contributed by atoms with Crippen LogP contribution in [0.2, 0.25) is 0 Å². The molecule has 0 saturated carbocycles. The van der Waals surface area contributed by atoms with Gasteiger partial charge in [-0.2, -0.15) is 8.42 Å². The van der Waals surface area contributed by atoms with Crippen LogP contribution in [0, 0.1) is 0 Å². The molecular formula is C25H29N3O3S2. The van der Waals surface area contributed by atoms with E-state index in [0.717, 1.165) is 27.6 Å². The Morgan fingerprint density at radius 1 is 1.00 bits per heavy atom. The van der Waals surface area contributed by atoms with Crippen molar-refractivity contribution in [3.05, 3.63) is 72.3 Å². The van der Waals surface area contributed by atoms with Gasteiger partial charge in [0.25, 0.3) is 10.1 Å². The zero-order valence-corrected chi connectivity index (χ0v) is 20.7. The highest BCUT2D eigenvalue weighted by Gasteiger charge is 2.48. The molecule has 2 aromatic carbocycles. The molecule has 0 aliphatic carbocycles. The molecule has 1 aliphatic rings. The Bertz CT molecular complexity index is 1230. The number of anilines is 2. The van der Waals surface area contributed by atoms with Crippen molar-refractivity contribution < 1.29 is 13.0 Å². The number of rotatable bonds is 8. The van der Waals surface area contributed by atoms with Gasteiger partial charge in [-0.25, -0.2) is 9.97 Å². The van der Waals surface area contributed by atoms with Crippen LogP contribution in [0.1, 0.15) is 51.4 Å². The number of benzene rings is 2. The highest BCUT2D eigenvalue weighted by molar-refractivity contribution is 7.99.